The Kier molecular flexibility index (Phi) is 5.11. The van der Waals surface area contributed by atoms with Gasteiger partial charge in [0.1, 0.15) is 0 Å². The second-order valence-electron chi connectivity index (χ2n) is 5.75. The molecule has 0 spiro atoms. The van der Waals surface area contributed by atoms with Gasteiger partial charge in [0, 0.05) is 18.7 Å². The molecule has 1 N–H and O–H groups in total. The maximum atomic E-state index is 12.1. The summed E-state index contributed by atoms with van der Waals surface area (Å²) in [5, 5.41) is 13.5. The van der Waals surface area contributed by atoms with E-state index in [1.54, 1.807) is 0 Å². The molecule has 6 heteroatoms. The second kappa shape index (κ2) is 6.22. The number of nitro benzene ring substituents is 1. The van der Waals surface area contributed by atoms with Crippen LogP contribution < -0.4 is 5.32 Å². The van der Waals surface area contributed by atoms with E-state index in [9.17, 15) is 14.9 Å². The Balaban J connectivity index is 2.81. The van der Waals surface area contributed by atoms with E-state index in [4.69, 9.17) is 11.6 Å². The van der Waals surface area contributed by atoms with Crippen LogP contribution in [0.15, 0.2) is 18.2 Å². The third-order valence-corrected chi connectivity index (χ3v) is 3.99. The van der Waals surface area contributed by atoms with E-state index in [0.717, 1.165) is 0 Å². The van der Waals surface area contributed by atoms with Crippen LogP contribution in [0.2, 0.25) is 5.02 Å². The number of carbonyl (C=O) groups excluding carboxylic acids is 1. The molecule has 0 heterocycles. The molecule has 0 aliphatic rings. The maximum Gasteiger partial charge on any atom is 0.270 e. The summed E-state index contributed by atoms with van der Waals surface area (Å²) in [4.78, 5) is 22.1. The van der Waals surface area contributed by atoms with Crippen molar-refractivity contribution in [3.05, 3.63) is 38.9 Å². The summed E-state index contributed by atoms with van der Waals surface area (Å²) >= 11 is 5.92. The lowest BCUT2D eigenvalue weighted by Gasteiger charge is -2.29. The van der Waals surface area contributed by atoms with Crippen LogP contribution >= 0.6 is 11.6 Å². The number of carbonyl (C=O) groups is 1. The number of nitrogens with one attached hydrogen (secondary N) is 1. The minimum atomic E-state index is -0.546. The van der Waals surface area contributed by atoms with Gasteiger partial charge < -0.3 is 5.32 Å². The van der Waals surface area contributed by atoms with Gasteiger partial charge in [-0.05, 0) is 17.4 Å². The van der Waals surface area contributed by atoms with Crippen molar-refractivity contribution in [2.75, 3.05) is 6.54 Å². The fourth-order valence-corrected chi connectivity index (χ4v) is 1.67. The number of nitro groups is 1. The third-order valence-electron chi connectivity index (χ3n) is 3.68. The molecule has 0 unspecified atom stereocenters. The average molecular weight is 299 g/mol. The SMILES string of the molecule is CC(C)C(C)(C)CNC(=O)c1ccc([N+](=O)[O-])cc1Cl. The maximum absolute atomic E-state index is 12.1. The monoisotopic (exact) mass is 298 g/mol. The first-order chi connectivity index (χ1) is 9.15. The van der Waals surface area contributed by atoms with E-state index in [1.165, 1.54) is 18.2 Å². The van der Waals surface area contributed by atoms with Gasteiger partial charge in [0.05, 0.1) is 15.5 Å². The summed E-state index contributed by atoms with van der Waals surface area (Å²) in [5.41, 5.74) is 0.0778. The van der Waals surface area contributed by atoms with Crippen LogP contribution in [0, 0.1) is 21.4 Å². The molecule has 0 fully saturated rings. The summed E-state index contributed by atoms with van der Waals surface area (Å²) in [5.74, 6) is 0.0914. The Morgan fingerprint density at radius 2 is 2.05 bits per heavy atom. The van der Waals surface area contributed by atoms with Crippen LogP contribution in [0.5, 0.6) is 0 Å². The summed E-state index contributed by atoms with van der Waals surface area (Å²) in [6, 6.07) is 3.83. The van der Waals surface area contributed by atoms with Gasteiger partial charge in [0.25, 0.3) is 11.6 Å². The predicted molar refractivity (Wildman–Crippen MR) is 79.1 cm³/mol. The smallest absolute Gasteiger partial charge is 0.270 e. The number of halogens is 1. The number of rotatable bonds is 5. The average Bonchev–Trinajstić information content (AvgIpc) is 2.35. The van der Waals surface area contributed by atoms with E-state index in [2.05, 4.69) is 33.0 Å². The second-order valence-corrected chi connectivity index (χ2v) is 6.15. The van der Waals surface area contributed by atoms with Gasteiger partial charge in [-0.25, -0.2) is 0 Å². The Morgan fingerprint density at radius 1 is 1.45 bits per heavy atom. The lowest BCUT2D eigenvalue weighted by Crippen LogP contribution is -2.37. The lowest BCUT2D eigenvalue weighted by atomic mass is 9.81. The quantitative estimate of drug-likeness (QED) is 0.666. The molecule has 1 aromatic carbocycles. The largest absolute Gasteiger partial charge is 0.351 e. The zero-order valence-corrected chi connectivity index (χ0v) is 12.8. The van der Waals surface area contributed by atoms with Crippen LogP contribution in [0.25, 0.3) is 0 Å². The summed E-state index contributed by atoms with van der Waals surface area (Å²) in [6.45, 7) is 8.82. The number of benzene rings is 1. The molecule has 1 amide bonds. The van der Waals surface area contributed by atoms with Gasteiger partial charge in [0.2, 0.25) is 0 Å². The van der Waals surface area contributed by atoms with Crippen LogP contribution in [0.4, 0.5) is 5.69 Å². The zero-order valence-electron chi connectivity index (χ0n) is 12.1. The Labute approximate surface area is 123 Å². The van der Waals surface area contributed by atoms with Crippen molar-refractivity contribution in [3.63, 3.8) is 0 Å². The van der Waals surface area contributed by atoms with Crippen molar-refractivity contribution in [2.24, 2.45) is 11.3 Å². The molecule has 0 saturated heterocycles. The highest BCUT2D eigenvalue weighted by atomic mass is 35.5. The van der Waals surface area contributed by atoms with Crippen molar-refractivity contribution in [1.29, 1.82) is 0 Å². The molecule has 0 aliphatic heterocycles. The molecule has 5 nitrogen and oxygen atoms in total. The number of amides is 1. The van der Waals surface area contributed by atoms with E-state index >= 15 is 0 Å². The lowest BCUT2D eigenvalue weighted by molar-refractivity contribution is -0.384. The van der Waals surface area contributed by atoms with E-state index in [1.807, 2.05) is 0 Å². The van der Waals surface area contributed by atoms with E-state index < -0.39 is 4.92 Å². The molecule has 110 valence electrons. The molecule has 0 aliphatic carbocycles. The molecule has 0 atom stereocenters. The fourth-order valence-electron chi connectivity index (χ4n) is 1.41. The first kappa shape index (κ1) is 16.4. The first-order valence-electron chi connectivity index (χ1n) is 6.37. The minimum absolute atomic E-state index is 0.0388. The van der Waals surface area contributed by atoms with Crippen LogP contribution in [-0.2, 0) is 0 Å². The standard InChI is InChI=1S/C14H19ClN2O3/c1-9(2)14(3,4)8-16-13(18)11-6-5-10(17(19)20)7-12(11)15/h5-7,9H,8H2,1-4H3,(H,16,18). The molecular formula is C14H19ClN2O3. The van der Waals surface area contributed by atoms with Gasteiger partial charge in [-0.1, -0.05) is 39.3 Å². The molecule has 0 bridgehead atoms. The number of hydrogen-bond acceptors (Lipinski definition) is 3. The first-order valence-corrected chi connectivity index (χ1v) is 6.75. The number of hydrogen-bond donors (Lipinski definition) is 1. The highest BCUT2D eigenvalue weighted by Gasteiger charge is 2.24. The molecule has 1 rings (SSSR count). The van der Waals surface area contributed by atoms with Gasteiger partial charge in [-0.2, -0.15) is 0 Å². The van der Waals surface area contributed by atoms with Crippen molar-refractivity contribution in [2.45, 2.75) is 27.7 Å². The van der Waals surface area contributed by atoms with Crippen molar-refractivity contribution in [3.8, 4) is 0 Å². The van der Waals surface area contributed by atoms with Gasteiger partial charge in [0.15, 0.2) is 0 Å². The van der Waals surface area contributed by atoms with Gasteiger partial charge in [-0.15, -0.1) is 0 Å². The van der Waals surface area contributed by atoms with E-state index in [0.29, 0.717) is 12.5 Å². The number of non-ortho nitro benzene ring substituents is 1. The van der Waals surface area contributed by atoms with Crippen LogP contribution in [-0.4, -0.2) is 17.4 Å². The molecule has 20 heavy (non-hydrogen) atoms. The van der Waals surface area contributed by atoms with Gasteiger partial charge >= 0.3 is 0 Å². The Bertz CT molecular complexity index is 527. The van der Waals surface area contributed by atoms with Crippen molar-refractivity contribution >= 4 is 23.2 Å². The molecule has 1 aromatic rings. The summed E-state index contributed by atoms with van der Waals surface area (Å²) < 4.78 is 0. The Hall–Kier alpha value is -1.62. The van der Waals surface area contributed by atoms with Crippen molar-refractivity contribution in [1.82, 2.24) is 5.32 Å². The van der Waals surface area contributed by atoms with Crippen LogP contribution in [0.1, 0.15) is 38.1 Å². The molecular weight excluding hydrogens is 280 g/mol. The topological polar surface area (TPSA) is 72.2 Å². The van der Waals surface area contributed by atoms with Crippen molar-refractivity contribution < 1.29 is 9.72 Å². The highest BCUT2D eigenvalue weighted by molar-refractivity contribution is 6.34. The third kappa shape index (κ3) is 3.93. The summed E-state index contributed by atoms with van der Waals surface area (Å²) in [7, 11) is 0. The fraction of sp³-hybridized carbons (Fsp3) is 0.500. The number of nitrogens with zero attached hydrogens (tertiary/aromatic N) is 1. The Morgan fingerprint density at radius 3 is 2.50 bits per heavy atom. The molecule has 0 radical (unpaired) electrons. The molecule has 0 saturated carbocycles. The zero-order chi connectivity index (χ0) is 15.5. The summed E-state index contributed by atoms with van der Waals surface area (Å²) in [6.07, 6.45) is 0. The van der Waals surface area contributed by atoms with Gasteiger partial charge in [-0.3, -0.25) is 14.9 Å². The highest BCUT2D eigenvalue weighted by Crippen LogP contribution is 2.26. The van der Waals surface area contributed by atoms with E-state index in [-0.39, 0.29) is 27.6 Å². The molecule has 0 aromatic heterocycles. The van der Waals surface area contributed by atoms with Crippen LogP contribution in [0.3, 0.4) is 0 Å². The predicted octanol–water partition coefficient (Wildman–Crippen LogP) is 3.66. The minimum Gasteiger partial charge on any atom is -0.351 e. The normalized spacial score (nSPS) is 11.5.